The van der Waals surface area contributed by atoms with Crippen LogP contribution in [-0.4, -0.2) is 35.4 Å². The van der Waals surface area contributed by atoms with E-state index in [0.29, 0.717) is 11.3 Å². The van der Waals surface area contributed by atoms with Crippen molar-refractivity contribution in [3.8, 4) is 17.0 Å². The number of pyridine rings is 2. The molecule has 3 aromatic rings. The summed E-state index contributed by atoms with van der Waals surface area (Å²) in [5.74, 6) is -3.46. The predicted octanol–water partition coefficient (Wildman–Crippen LogP) is 4.17. The molecule has 0 saturated heterocycles. The topological polar surface area (TPSA) is 84.4 Å². The van der Waals surface area contributed by atoms with Gasteiger partial charge in [0, 0.05) is 23.5 Å². The van der Waals surface area contributed by atoms with Crippen LogP contribution in [0.25, 0.3) is 11.1 Å². The molecule has 1 aromatic carbocycles. The Morgan fingerprint density at radius 1 is 1.28 bits per heavy atom. The number of benzene rings is 1. The van der Waals surface area contributed by atoms with Gasteiger partial charge in [0.2, 0.25) is 23.6 Å². The zero-order chi connectivity index (χ0) is 23.0. The lowest BCUT2D eigenvalue weighted by molar-refractivity contribution is -0.122. The van der Waals surface area contributed by atoms with Gasteiger partial charge in [0.05, 0.1) is 35.0 Å². The number of amides is 2. The normalized spacial score (nSPS) is 15.0. The summed E-state index contributed by atoms with van der Waals surface area (Å²) in [4.78, 5) is 35.3. The summed E-state index contributed by atoms with van der Waals surface area (Å²) >= 11 is 5.67. The SMILES string of the molecule is COc1cc2c(c(F)n1)-c1cccnc1[C@@H](C)C(=O)N2CC(=O)Nc1ccc(Cl)c(F)c1. The van der Waals surface area contributed by atoms with Gasteiger partial charge >= 0.3 is 0 Å². The van der Waals surface area contributed by atoms with Crippen molar-refractivity contribution in [1.29, 1.82) is 0 Å². The average molecular weight is 459 g/mol. The Morgan fingerprint density at radius 2 is 2.06 bits per heavy atom. The first-order valence-electron chi connectivity index (χ1n) is 9.56. The number of carbonyl (C=O) groups excluding carboxylic acids is 2. The summed E-state index contributed by atoms with van der Waals surface area (Å²) in [6, 6.07) is 8.45. The monoisotopic (exact) mass is 458 g/mol. The van der Waals surface area contributed by atoms with Crippen molar-refractivity contribution in [3.63, 3.8) is 0 Å². The fraction of sp³-hybridized carbons (Fsp3) is 0.182. The van der Waals surface area contributed by atoms with Gasteiger partial charge in [0.15, 0.2) is 0 Å². The Morgan fingerprint density at radius 3 is 2.78 bits per heavy atom. The van der Waals surface area contributed by atoms with Crippen molar-refractivity contribution >= 4 is 34.8 Å². The molecular formula is C22H17ClF2N4O3. The number of nitrogens with one attached hydrogen (secondary N) is 1. The third kappa shape index (κ3) is 3.87. The van der Waals surface area contributed by atoms with Crippen molar-refractivity contribution in [2.45, 2.75) is 12.8 Å². The van der Waals surface area contributed by atoms with Gasteiger partial charge in [0.25, 0.3) is 0 Å². The van der Waals surface area contributed by atoms with E-state index < -0.39 is 36.0 Å². The Labute approximate surface area is 187 Å². The number of methoxy groups -OCH3 is 1. The Balaban J connectivity index is 1.77. The number of hydrogen-bond donors (Lipinski definition) is 1. The Bertz CT molecular complexity index is 1240. The number of fused-ring (bicyclic) bond motifs is 3. The van der Waals surface area contributed by atoms with E-state index in [0.717, 1.165) is 11.0 Å². The molecule has 32 heavy (non-hydrogen) atoms. The number of aromatic nitrogens is 2. The molecule has 0 unspecified atom stereocenters. The van der Waals surface area contributed by atoms with Gasteiger partial charge in [-0.3, -0.25) is 14.6 Å². The molecule has 2 aromatic heterocycles. The van der Waals surface area contributed by atoms with E-state index in [2.05, 4.69) is 15.3 Å². The van der Waals surface area contributed by atoms with E-state index in [1.54, 1.807) is 19.1 Å². The standard InChI is InChI=1S/C22H17ClF2N4O3/c1-11-20-13(4-3-7-26-20)19-16(9-18(32-2)28-21(19)25)29(22(11)31)10-17(30)27-12-5-6-14(23)15(24)8-12/h3-9,11H,10H2,1-2H3,(H,27,30)/t11-/m1/s1. The fourth-order valence-electron chi connectivity index (χ4n) is 3.57. The molecule has 164 valence electrons. The van der Waals surface area contributed by atoms with Crippen LogP contribution in [0.5, 0.6) is 5.88 Å². The van der Waals surface area contributed by atoms with E-state index in [1.807, 2.05) is 0 Å². The maximum Gasteiger partial charge on any atom is 0.244 e. The number of carbonyl (C=O) groups is 2. The third-order valence-electron chi connectivity index (χ3n) is 5.09. The van der Waals surface area contributed by atoms with Crippen molar-refractivity contribution in [2.24, 2.45) is 0 Å². The molecule has 7 nitrogen and oxygen atoms in total. The molecule has 0 aliphatic carbocycles. The van der Waals surface area contributed by atoms with Crippen LogP contribution in [0.3, 0.4) is 0 Å². The maximum atomic E-state index is 15.1. The highest BCUT2D eigenvalue weighted by Gasteiger charge is 2.35. The van der Waals surface area contributed by atoms with Crippen molar-refractivity contribution in [3.05, 3.63) is 65.1 Å². The quantitative estimate of drug-likeness (QED) is 0.593. The van der Waals surface area contributed by atoms with Crippen molar-refractivity contribution in [2.75, 3.05) is 23.9 Å². The zero-order valence-electron chi connectivity index (χ0n) is 17.0. The first kappa shape index (κ1) is 21.6. The fourth-order valence-corrected chi connectivity index (χ4v) is 3.69. The molecule has 0 saturated carbocycles. The van der Waals surface area contributed by atoms with E-state index in [9.17, 15) is 14.0 Å². The summed E-state index contributed by atoms with van der Waals surface area (Å²) in [5.41, 5.74) is 1.09. The highest BCUT2D eigenvalue weighted by atomic mass is 35.5. The number of rotatable bonds is 4. The lowest BCUT2D eigenvalue weighted by Gasteiger charge is -2.24. The van der Waals surface area contributed by atoms with Crippen LogP contribution in [-0.2, 0) is 9.59 Å². The van der Waals surface area contributed by atoms with Gasteiger partial charge in [-0.25, -0.2) is 4.39 Å². The minimum Gasteiger partial charge on any atom is -0.481 e. The number of nitrogens with zero attached hydrogens (tertiary/aromatic N) is 3. The van der Waals surface area contributed by atoms with E-state index >= 15 is 4.39 Å². The van der Waals surface area contributed by atoms with Crippen LogP contribution in [0.4, 0.5) is 20.2 Å². The lowest BCUT2D eigenvalue weighted by Crippen LogP contribution is -2.40. The van der Waals surface area contributed by atoms with E-state index in [4.69, 9.17) is 16.3 Å². The minimum atomic E-state index is -0.860. The van der Waals surface area contributed by atoms with Crippen molar-refractivity contribution in [1.82, 2.24) is 9.97 Å². The number of anilines is 2. The summed E-state index contributed by atoms with van der Waals surface area (Å²) in [6.07, 6.45) is 1.51. The van der Waals surface area contributed by atoms with Crippen molar-refractivity contribution < 1.29 is 23.1 Å². The predicted molar refractivity (Wildman–Crippen MR) is 115 cm³/mol. The largest absolute Gasteiger partial charge is 0.481 e. The third-order valence-corrected chi connectivity index (χ3v) is 5.40. The summed E-state index contributed by atoms with van der Waals surface area (Å²) in [5, 5.41) is 2.43. The molecular weight excluding hydrogens is 442 g/mol. The second kappa shape index (κ2) is 8.51. The minimum absolute atomic E-state index is 0.0388. The van der Waals surface area contributed by atoms with Crippen LogP contribution in [0, 0.1) is 11.8 Å². The number of hydrogen-bond acceptors (Lipinski definition) is 5. The second-order valence-corrected chi connectivity index (χ2v) is 7.52. The zero-order valence-corrected chi connectivity index (χ0v) is 17.8. The molecule has 4 rings (SSSR count). The van der Waals surface area contributed by atoms with Gasteiger partial charge < -0.3 is 15.0 Å². The number of ether oxygens (including phenoxy) is 1. The van der Waals surface area contributed by atoms with Gasteiger partial charge in [0.1, 0.15) is 12.4 Å². The molecule has 0 fully saturated rings. The summed E-state index contributed by atoms with van der Waals surface area (Å²) < 4.78 is 33.8. The molecule has 10 heteroatoms. The molecule has 1 N–H and O–H groups in total. The smallest absolute Gasteiger partial charge is 0.244 e. The second-order valence-electron chi connectivity index (χ2n) is 7.11. The molecule has 0 spiro atoms. The average Bonchev–Trinajstić information content (AvgIpc) is 2.86. The van der Waals surface area contributed by atoms with Crippen LogP contribution in [0.1, 0.15) is 18.5 Å². The van der Waals surface area contributed by atoms with Crippen LogP contribution in [0.15, 0.2) is 42.6 Å². The molecule has 1 atom stereocenters. The lowest BCUT2D eigenvalue weighted by atomic mass is 9.98. The van der Waals surface area contributed by atoms with Gasteiger partial charge in [-0.15, -0.1) is 0 Å². The molecule has 1 aliphatic heterocycles. The highest BCUT2D eigenvalue weighted by molar-refractivity contribution is 6.30. The van der Waals surface area contributed by atoms with E-state index in [-0.39, 0.29) is 27.8 Å². The van der Waals surface area contributed by atoms with E-state index in [1.165, 1.54) is 31.5 Å². The first-order chi connectivity index (χ1) is 15.3. The van der Waals surface area contributed by atoms with Crippen LogP contribution < -0.4 is 15.0 Å². The number of halogens is 3. The molecule has 3 heterocycles. The molecule has 2 amide bonds. The van der Waals surface area contributed by atoms with Gasteiger partial charge in [-0.2, -0.15) is 9.37 Å². The van der Waals surface area contributed by atoms with Gasteiger partial charge in [-0.05, 0) is 31.2 Å². The van der Waals surface area contributed by atoms with Crippen LogP contribution >= 0.6 is 11.6 Å². The molecule has 1 aliphatic rings. The van der Waals surface area contributed by atoms with Gasteiger partial charge in [-0.1, -0.05) is 17.7 Å². The highest BCUT2D eigenvalue weighted by Crippen LogP contribution is 2.42. The van der Waals surface area contributed by atoms with Crippen LogP contribution in [0.2, 0.25) is 5.02 Å². The molecule has 0 radical (unpaired) electrons. The maximum absolute atomic E-state index is 15.1. The Kier molecular flexibility index (Phi) is 5.75. The molecule has 0 bridgehead atoms. The summed E-state index contributed by atoms with van der Waals surface area (Å²) in [6.45, 7) is 1.17. The first-order valence-corrected chi connectivity index (χ1v) is 9.94. The Hall–Kier alpha value is -3.59. The summed E-state index contributed by atoms with van der Waals surface area (Å²) in [7, 11) is 1.32.